The van der Waals surface area contributed by atoms with Crippen LogP contribution in [0.5, 0.6) is 0 Å². The van der Waals surface area contributed by atoms with Crippen molar-refractivity contribution in [3.63, 3.8) is 0 Å². The van der Waals surface area contributed by atoms with Crippen LogP contribution in [0.15, 0.2) is 48.5 Å². The highest BCUT2D eigenvalue weighted by Crippen LogP contribution is 2.27. The third-order valence-electron chi connectivity index (χ3n) is 5.14. The van der Waals surface area contributed by atoms with Gasteiger partial charge in [-0.05, 0) is 36.8 Å². The van der Waals surface area contributed by atoms with Gasteiger partial charge in [-0.25, -0.2) is 8.42 Å². The van der Waals surface area contributed by atoms with Crippen LogP contribution in [0.1, 0.15) is 13.3 Å². The number of non-ortho nitro benzene ring substituents is 1. The van der Waals surface area contributed by atoms with Gasteiger partial charge in [0, 0.05) is 36.6 Å². The molecule has 0 aromatic heterocycles. The van der Waals surface area contributed by atoms with Crippen molar-refractivity contribution < 1.29 is 22.9 Å². The number of carbonyl (C=O) groups excluding carboxylic acids is 1. The summed E-state index contributed by atoms with van der Waals surface area (Å²) in [6.07, 6.45) is 1.15. The van der Waals surface area contributed by atoms with E-state index in [4.69, 9.17) is 4.74 Å². The Morgan fingerprint density at radius 2 is 1.88 bits per heavy atom. The van der Waals surface area contributed by atoms with Crippen molar-refractivity contribution in [2.75, 3.05) is 47.1 Å². The number of nitrogens with one attached hydrogen (secondary N) is 1. The number of ether oxygens (including phenoxy) is 1. The van der Waals surface area contributed by atoms with Gasteiger partial charge in [0.2, 0.25) is 15.9 Å². The van der Waals surface area contributed by atoms with Crippen LogP contribution in [0, 0.1) is 10.1 Å². The van der Waals surface area contributed by atoms with Crippen LogP contribution in [0.3, 0.4) is 0 Å². The van der Waals surface area contributed by atoms with Crippen LogP contribution in [-0.4, -0.2) is 57.8 Å². The molecule has 1 aliphatic rings. The van der Waals surface area contributed by atoms with Crippen molar-refractivity contribution in [1.29, 1.82) is 0 Å². The molecule has 1 amide bonds. The van der Waals surface area contributed by atoms with E-state index in [1.165, 1.54) is 18.2 Å². The minimum atomic E-state index is -3.90. The number of sulfonamides is 1. The first-order valence-electron chi connectivity index (χ1n) is 10.2. The fourth-order valence-corrected chi connectivity index (χ4v) is 4.81. The van der Waals surface area contributed by atoms with Gasteiger partial charge in [0.1, 0.15) is 6.04 Å². The Kier molecular flexibility index (Phi) is 7.31. The van der Waals surface area contributed by atoms with Crippen molar-refractivity contribution in [1.82, 2.24) is 0 Å². The Labute approximate surface area is 187 Å². The number of hydrogen-bond donors (Lipinski definition) is 1. The van der Waals surface area contributed by atoms with Gasteiger partial charge in [-0.2, -0.15) is 0 Å². The molecule has 1 fully saturated rings. The highest BCUT2D eigenvalue weighted by molar-refractivity contribution is 7.92. The number of rotatable bonds is 8. The van der Waals surface area contributed by atoms with Gasteiger partial charge in [-0.3, -0.25) is 19.2 Å². The van der Waals surface area contributed by atoms with E-state index in [-0.39, 0.29) is 17.8 Å². The maximum Gasteiger partial charge on any atom is 0.271 e. The fraction of sp³-hybridized carbons (Fsp3) is 0.381. The summed E-state index contributed by atoms with van der Waals surface area (Å²) in [5, 5.41) is 13.9. The van der Waals surface area contributed by atoms with Crippen LogP contribution in [0.2, 0.25) is 0 Å². The lowest BCUT2D eigenvalue weighted by Crippen LogP contribution is -2.47. The zero-order valence-electron chi connectivity index (χ0n) is 17.9. The van der Waals surface area contributed by atoms with Crippen molar-refractivity contribution in [2.24, 2.45) is 0 Å². The summed E-state index contributed by atoms with van der Waals surface area (Å²) in [6.45, 7) is 4.58. The Morgan fingerprint density at radius 3 is 2.44 bits per heavy atom. The summed E-state index contributed by atoms with van der Waals surface area (Å²) in [6, 6.07) is 11.4. The zero-order chi connectivity index (χ0) is 23.3. The summed E-state index contributed by atoms with van der Waals surface area (Å²) < 4.78 is 31.4. The van der Waals surface area contributed by atoms with Gasteiger partial charge in [0.25, 0.3) is 5.69 Å². The second kappa shape index (κ2) is 9.96. The van der Waals surface area contributed by atoms with Crippen LogP contribution < -0.4 is 14.5 Å². The molecule has 0 radical (unpaired) electrons. The Balaban J connectivity index is 1.82. The standard InChI is InChI=1S/C21H26N4O6S/c1-3-20(24(32(2,29)30)18-5-4-6-19(15-18)25(27)28)21(26)22-16-7-9-17(10-8-16)23-11-13-31-14-12-23/h4-10,15,20H,3,11-14H2,1-2H3,(H,22,26)/t20-/m1/s1. The maximum atomic E-state index is 13.0. The number of nitro benzene ring substituents is 1. The van der Waals surface area contributed by atoms with Gasteiger partial charge in [-0.1, -0.05) is 13.0 Å². The first kappa shape index (κ1) is 23.5. The van der Waals surface area contributed by atoms with Crippen LogP contribution in [-0.2, 0) is 19.6 Å². The molecule has 1 atom stereocenters. The van der Waals surface area contributed by atoms with Gasteiger partial charge in [0.05, 0.1) is 30.1 Å². The number of benzene rings is 2. The number of hydrogen-bond acceptors (Lipinski definition) is 7. The van der Waals surface area contributed by atoms with Crippen LogP contribution in [0.4, 0.5) is 22.7 Å². The Bertz CT molecular complexity index is 1070. The first-order chi connectivity index (χ1) is 15.2. The molecule has 0 unspecified atom stereocenters. The zero-order valence-corrected chi connectivity index (χ0v) is 18.7. The molecule has 10 nitrogen and oxygen atoms in total. The monoisotopic (exact) mass is 462 g/mol. The maximum absolute atomic E-state index is 13.0. The summed E-state index contributed by atoms with van der Waals surface area (Å²) in [7, 11) is -3.90. The number of amides is 1. The molecule has 1 saturated heterocycles. The van der Waals surface area contributed by atoms with Crippen LogP contribution >= 0.6 is 0 Å². The van der Waals surface area contributed by atoms with Gasteiger partial charge < -0.3 is 15.0 Å². The van der Waals surface area contributed by atoms with Crippen LogP contribution in [0.25, 0.3) is 0 Å². The molecular weight excluding hydrogens is 436 g/mol. The predicted octanol–water partition coefficient (Wildman–Crippen LogP) is 2.61. The van der Waals surface area contributed by atoms with E-state index in [2.05, 4.69) is 10.2 Å². The minimum Gasteiger partial charge on any atom is -0.378 e. The third-order valence-corrected chi connectivity index (χ3v) is 6.32. The molecule has 1 heterocycles. The summed E-state index contributed by atoms with van der Waals surface area (Å²) in [5.41, 5.74) is 1.34. The number of nitro groups is 1. The predicted molar refractivity (Wildman–Crippen MR) is 123 cm³/mol. The van der Waals surface area contributed by atoms with E-state index >= 15 is 0 Å². The number of nitrogens with zero attached hydrogens (tertiary/aromatic N) is 3. The largest absolute Gasteiger partial charge is 0.378 e. The molecule has 1 N–H and O–H groups in total. The lowest BCUT2D eigenvalue weighted by molar-refractivity contribution is -0.384. The van der Waals surface area contributed by atoms with E-state index in [0.717, 1.165) is 35.4 Å². The molecule has 0 aliphatic carbocycles. The van der Waals surface area contributed by atoms with Crippen molar-refractivity contribution in [3.8, 4) is 0 Å². The summed E-state index contributed by atoms with van der Waals surface area (Å²) in [5.74, 6) is -0.524. The Hall–Kier alpha value is -3.18. The van der Waals surface area contributed by atoms with Gasteiger partial charge >= 0.3 is 0 Å². The SMILES string of the molecule is CC[C@H](C(=O)Nc1ccc(N2CCOCC2)cc1)N(c1cccc([N+](=O)[O-])c1)S(C)(=O)=O. The van der Waals surface area contributed by atoms with E-state index in [1.807, 2.05) is 12.1 Å². The molecule has 2 aromatic carbocycles. The van der Waals surface area contributed by atoms with Crippen molar-refractivity contribution in [3.05, 3.63) is 58.6 Å². The normalized spacial score (nSPS) is 15.1. The molecule has 32 heavy (non-hydrogen) atoms. The second-order valence-electron chi connectivity index (χ2n) is 7.40. The molecule has 1 aliphatic heterocycles. The molecule has 3 rings (SSSR count). The quantitative estimate of drug-likeness (QED) is 0.473. The first-order valence-corrected chi connectivity index (χ1v) is 12.0. The summed E-state index contributed by atoms with van der Waals surface area (Å²) in [4.78, 5) is 25.7. The summed E-state index contributed by atoms with van der Waals surface area (Å²) >= 11 is 0. The van der Waals surface area contributed by atoms with E-state index in [1.54, 1.807) is 19.1 Å². The minimum absolute atomic E-state index is 0.0614. The van der Waals surface area contributed by atoms with Crippen molar-refractivity contribution >= 4 is 38.7 Å². The molecule has 0 bridgehead atoms. The fourth-order valence-electron chi connectivity index (χ4n) is 3.61. The van der Waals surface area contributed by atoms with Gasteiger partial charge in [-0.15, -0.1) is 0 Å². The van der Waals surface area contributed by atoms with E-state index in [0.29, 0.717) is 18.9 Å². The highest BCUT2D eigenvalue weighted by Gasteiger charge is 2.32. The van der Waals surface area contributed by atoms with Crippen molar-refractivity contribution in [2.45, 2.75) is 19.4 Å². The molecule has 11 heteroatoms. The van der Waals surface area contributed by atoms with E-state index < -0.39 is 26.9 Å². The molecule has 172 valence electrons. The third kappa shape index (κ3) is 5.54. The average Bonchev–Trinajstić information content (AvgIpc) is 2.77. The number of morpholine rings is 1. The second-order valence-corrected chi connectivity index (χ2v) is 9.25. The molecular formula is C21H26N4O6S. The Morgan fingerprint density at radius 1 is 1.22 bits per heavy atom. The molecule has 0 saturated carbocycles. The number of anilines is 3. The van der Waals surface area contributed by atoms with E-state index in [9.17, 15) is 23.3 Å². The highest BCUT2D eigenvalue weighted by atomic mass is 32.2. The molecule has 0 spiro atoms. The smallest absolute Gasteiger partial charge is 0.271 e. The topological polar surface area (TPSA) is 122 Å². The lowest BCUT2D eigenvalue weighted by atomic mass is 10.1. The molecule has 2 aromatic rings. The number of carbonyl (C=O) groups is 1. The van der Waals surface area contributed by atoms with Gasteiger partial charge in [0.15, 0.2) is 0 Å². The lowest BCUT2D eigenvalue weighted by Gasteiger charge is -2.30. The average molecular weight is 463 g/mol.